The number of aromatic nitrogens is 2. The van der Waals surface area contributed by atoms with Crippen LogP contribution in [0, 0.1) is 5.92 Å². The van der Waals surface area contributed by atoms with E-state index in [2.05, 4.69) is 20.6 Å². The Morgan fingerprint density at radius 2 is 2.25 bits per heavy atom. The van der Waals surface area contributed by atoms with Crippen molar-refractivity contribution >= 4 is 17.4 Å². The Morgan fingerprint density at radius 3 is 3.06 bits per heavy atom. The molecule has 1 aliphatic carbocycles. The van der Waals surface area contributed by atoms with Crippen molar-refractivity contribution < 1.29 is 0 Å². The average molecular weight is 239 g/mol. The van der Waals surface area contributed by atoms with E-state index >= 15 is 0 Å². The molecule has 2 N–H and O–H groups in total. The summed E-state index contributed by atoms with van der Waals surface area (Å²) in [6.07, 6.45) is 3.67. The standard InChI is InChI=1S/C11H15ClN4/c12-11-15-9-6-13-4-3-8(9)10(16-11)14-5-7-1-2-7/h7,13H,1-6H2,(H,14,15,16). The van der Waals surface area contributed by atoms with Gasteiger partial charge < -0.3 is 10.6 Å². The van der Waals surface area contributed by atoms with E-state index in [1.54, 1.807) is 0 Å². The van der Waals surface area contributed by atoms with Crippen LogP contribution in [0.4, 0.5) is 5.82 Å². The highest BCUT2D eigenvalue weighted by Crippen LogP contribution is 2.30. The van der Waals surface area contributed by atoms with Crippen molar-refractivity contribution in [3.8, 4) is 0 Å². The molecule has 0 saturated heterocycles. The van der Waals surface area contributed by atoms with Gasteiger partial charge in [-0.25, -0.2) is 9.97 Å². The summed E-state index contributed by atoms with van der Waals surface area (Å²) in [5, 5.41) is 7.06. The highest BCUT2D eigenvalue weighted by molar-refractivity contribution is 6.28. The van der Waals surface area contributed by atoms with Gasteiger partial charge >= 0.3 is 0 Å². The lowest BCUT2D eigenvalue weighted by molar-refractivity contribution is 0.623. The molecule has 2 heterocycles. The van der Waals surface area contributed by atoms with Crippen LogP contribution in [0.15, 0.2) is 0 Å². The Balaban J connectivity index is 1.85. The number of anilines is 1. The minimum absolute atomic E-state index is 0.348. The maximum Gasteiger partial charge on any atom is 0.224 e. The lowest BCUT2D eigenvalue weighted by atomic mass is 10.1. The zero-order chi connectivity index (χ0) is 11.0. The summed E-state index contributed by atoms with van der Waals surface area (Å²) in [5.41, 5.74) is 2.29. The molecule has 0 bridgehead atoms. The van der Waals surface area contributed by atoms with Crippen LogP contribution in [0.2, 0.25) is 5.28 Å². The maximum atomic E-state index is 5.92. The predicted molar refractivity (Wildman–Crippen MR) is 63.7 cm³/mol. The topological polar surface area (TPSA) is 49.8 Å². The van der Waals surface area contributed by atoms with E-state index < -0.39 is 0 Å². The number of nitrogens with one attached hydrogen (secondary N) is 2. The fourth-order valence-corrected chi connectivity index (χ4v) is 2.23. The molecule has 5 heteroatoms. The van der Waals surface area contributed by atoms with Gasteiger partial charge in [0.15, 0.2) is 0 Å². The van der Waals surface area contributed by atoms with Gasteiger partial charge in [0.25, 0.3) is 0 Å². The average Bonchev–Trinajstić information content (AvgIpc) is 3.09. The molecule has 1 aliphatic heterocycles. The van der Waals surface area contributed by atoms with Crippen molar-refractivity contribution in [2.24, 2.45) is 5.92 Å². The van der Waals surface area contributed by atoms with Gasteiger partial charge in [-0.1, -0.05) is 0 Å². The molecular weight excluding hydrogens is 224 g/mol. The smallest absolute Gasteiger partial charge is 0.224 e. The van der Waals surface area contributed by atoms with Crippen molar-refractivity contribution in [2.75, 3.05) is 18.4 Å². The summed E-state index contributed by atoms with van der Waals surface area (Å²) in [7, 11) is 0. The van der Waals surface area contributed by atoms with Crippen LogP contribution in [-0.4, -0.2) is 23.1 Å². The van der Waals surface area contributed by atoms with Crippen LogP contribution in [0.3, 0.4) is 0 Å². The highest BCUT2D eigenvalue weighted by Gasteiger charge is 2.22. The third-order valence-corrected chi connectivity index (χ3v) is 3.33. The number of rotatable bonds is 3. The first-order chi connectivity index (χ1) is 7.83. The lowest BCUT2D eigenvalue weighted by Gasteiger charge is -2.19. The first-order valence-electron chi connectivity index (χ1n) is 5.83. The first-order valence-corrected chi connectivity index (χ1v) is 6.20. The van der Waals surface area contributed by atoms with Gasteiger partial charge in [-0.2, -0.15) is 0 Å². The molecule has 1 aromatic heterocycles. The summed E-state index contributed by atoms with van der Waals surface area (Å²) in [6, 6.07) is 0. The monoisotopic (exact) mass is 238 g/mol. The molecule has 1 saturated carbocycles. The van der Waals surface area contributed by atoms with Crippen LogP contribution in [0.25, 0.3) is 0 Å². The molecule has 4 nitrogen and oxygen atoms in total. The van der Waals surface area contributed by atoms with Crippen molar-refractivity contribution in [3.05, 3.63) is 16.5 Å². The Bertz CT molecular complexity index is 403. The van der Waals surface area contributed by atoms with Crippen LogP contribution in [0.5, 0.6) is 0 Å². The van der Waals surface area contributed by atoms with Gasteiger partial charge in [0.2, 0.25) is 5.28 Å². The minimum Gasteiger partial charge on any atom is -0.369 e. The molecule has 0 unspecified atom stereocenters. The van der Waals surface area contributed by atoms with Gasteiger partial charge in [-0.05, 0) is 43.3 Å². The van der Waals surface area contributed by atoms with E-state index in [1.807, 2.05) is 0 Å². The van der Waals surface area contributed by atoms with E-state index in [0.717, 1.165) is 43.5 Å². The molecule has 3 rings (SSSR count). The molecule has 2 aliphatic rings. The molecule has 0 aromatic carbocycles. The number of halogens is 1. The molecule has 0 amide bonds. The molecule has 86 valence electrons. The normalized spacial score (nSPS) is 19.3. The van der Waals surface area contributed by atoms with Gasteiger partial charge in [0.05, 0.1) is 5.69 Å². The Kier molecular flexibility index (Phi) is 2.69. The van der Waals surface area contributed by atoms with Crippen LogP contribution in [-0.2, 0) is 13.0 Å². The fraction of sp³-hybridized carbons (Fsp3) is 0.636. The quantitative estimate of drug-likeness (QED) is 0.786. The summed E-state index contributed by atoms with van der Waals surface area (Å²) >= 11 is 5.92. The van der Waals surface area contributed by atoms with Crippen molar-refractivity contribution in [1.29, 1.82) is 0 Å². The molecule has 0 atom stereocenters. The van der Waals surface area contributed by atoms with Crippen LogP contribution < -0.4 is 10.6 Å². The molecule has 16 heavy (non-hydrogen) atoms. The van der Waals surface area contributed by atoms with Gasteiger partial charge in [0, 0.05) is 18.7 Å². The Hall–Kier alpha value is -0.870. The minimum atomic E-state index is 0.348. The van der Waals surface area contributed by atoms with Crippen molar-refractivity contribution in [2.45, 2.75) is 25.8 Å². The Morgan fingerprint density at radius 1 is 1.38 bits per heavy atom. The maximum absolute atomic E-state index is 5.92. The third kappa shape index (κ3) is 2.13. The van der Waals surface area contributed by atoms with Gasteiger partial charge in [0.1, 0.15) is 5.82 Å². The number of hydrogen-bond donors (Lipinski definition) is 2. The summed E-state index contributed by atoms with van der Waals surface area (Å²) in [4.78, 5) is 8.57. The second kappa shape index (κ2) is 4.18. The van der Waals surface area contributed by atoms with Crippen molar-refractivity contribution in [1.82, 2.24) is 15.3 Å². The lowest BCUT2D eigenvalue weighted by Crippen LogP contribution is -2.26. The summed E-state index contributed by atoms with van der Waals surface area (Å²) < 4.78 is 0. The number of fused-ring (bicyclic) bond motifs is 1. The van der Waals surface area contributed by atoms with Crippen molar-refractivity contribution in [3.63, 3.8) is 0 Å². The fourth-order valence-electron chi connectivity index (χ4n) is 2.04. The summed E-state index contributed by atoms with van der Waals surface area (Å²) in [6.45, 7) is 2.82. The highest BCUT2D eigenvalue weighted by atomic mass is 35.5. The predicted octanol–water partition coefficient (Wildman–Crippen LogP) is 1.60. The molecule has 0 radical (unpaired) electrons. The van der Waals surface area contributed by atoms with E-state index in [9.17, 15) is 0 Å². The van der Waals surface area contributed by atoms with E-state index in [0.29, 0.717) is 5.28 Å². The molecular formula is C11H15ClN4. The van der Waals surface area contributed by atoms with E-state index in [1.165, 1.54) is 18.4 Å². The van der Waals surface area contributed by atoms with E-state index in [-0.39, 0.29) is 0 Å². The zero-order valence-electron chi connectivity index (χ0n) is 9.09. The third-order valence-electron chi connectivity index (χ3n) is 3.16. The van der Waals surface area contributed by atoms with Gasteiger partial charge in [-0.3, -0.25) is 0 Å². The Labute approximate surface area is 99.8 Å². The van der Waals surface area contributed by atoms with Crippen LogP contribution in [0.1, 0.15) is 24.1 Å². The SMILES string of the molecule is Clc1nc2c(c(NCC3CC3)n1)CCNC2. The van der Waals surface area contributed by atoms with E-state index in [4.69, 9.17) is 11.6 Å². The zero-order valence-corrected chi connectivity index (χ0v) is 9.85. The summed E-state index contributed by atoms with van der Waals surface area (Å²) in [5.74, 6) is 1.79. The second-order valence-corrected chi connectivity index (χ2v) is 4.86. The second-order valence-electron chi connectivity index (χ2n) is 4.52. The number of nitrogens with zero attached hydrogens (tertiary/aromatic N) is 2. The first kappa shape index (κ1) is 10.3. The molecule has 0 spiro atoms. The van der Waals surface area contributed by atoms with Gasteiger partial charge in [-0.15, -0.1) is 0 Å². The molecule has 1 aromatic rings. The largest absolute Gasteiger partial charge is 0.369 e. The van der Waals surface area contributed by atoms with Crippen LogP contribution >= 0.6 is 11.6 Å². The number of hydrogen-bond acceptors (Lipinski definition) is 4. The molecule has 1 fully saturated rings.